The van der Waals surface area contributed by atoms with Crippen molar-refractivity contribution in [3.8, 4) is 0 Å². The minimum absolute atomic E-state index is 0.00899. The van der Waals surface area contributed by atoms with Crippen LogP contribution in [0.4, 0.5) is 44.3 Å². The Kier molecular flexibility index (Phi) is 10.1. The van der Waals surface area contributed by atoms with E-state index in [0.29, 0.717) is 0 Å². The summed E-state index contributed by atoms with van der Waals surface area (Å²) in [6.07, 6.45) is -13.4. The second-order valence-corrected chi connectivity index (χ2v) is 8.04. The number of carbonyl (C=O) groups excluding carboxylic acids is 1. The Bertz CT molecular complexity index is 1280. The van der Waals surface area contributed by atoms with E-state index in [0.717, 1.165) is 48.2 Å². The van der Waals surface area contributed by atoms with Crippen LogP contribution in [0.15, 0.2) is 72.9 Å². The molecule has 0 aliphatic rings. The van der Waals surface area contributed by atoms with Crippen LogP contribution in [-0.4, -0.2) is 28.3 Å². The minimum Gasteiger partial charge on any atom is -0.475 e. The van der Waals surface area contributed by atoms with Gasteiger partial charge in [0, 0.05) is 6.20 Å². The number of halogens is 9. The van der Waals surface area contributed by atoms with E-state index in [1.807, 2.05) is 0 Å². The lowest BCUT2D eigenvalue weighted by atomic mass is 9.98. The van der Waals surface area contributed by atoms with Crippen LogP contribution >= 0.6 is 0 Å². The smallest absolute Gasteiger partial charge is 0.475 e. The predicted molar refractivity (Wildman–Crippen MR) is 123 cm³/mol. The van der Waals surface area contributed by atoms with E-state index in [-0.39, 0.29) is 5.56 Å². The molecule has 216 valence electrons. The number of carboxylic acid groups (broad SMARTS) is 1. The molecule has 0 spiro atoms. The van der Waals surface area contributed by atoms with Crippen molar-refractivity contribution in [1.29, 1.82) is 0 Å². The first kappa shape index (κ1) is 31.9. The molecule has 0 unspecified atom stereocenters. The van der Waals surface area contributed by atoms with Crippen LogP contribution in [0.1, 0.15) is 47.0 Å². The lowest BCUT2D eigenvalue weighted by Crippen LogP contribution is -2.40. The van der Waals surface area contributed by atoms with Gasteiger partial charge in [-0.2, -0.15) is 39.5 Å². The number of pyridine rings is 1. The number of amides is 2. The molecule has 3 rings (SSSR count). The SMILES string of the molecule is C[C@@H](NC(=O)N[C@@H](c1ccc(C(F)(F)F)cc1)c1ncccc1C(F)(F)F)c1ccccc1.O=C(O)C(F)(F)F. The van der Waals surface area contributed by atoms with Crippen molar-refractivity contribution < 1.29 is 54.2 Å². The van der Waals surface area contributed by atoms with E-state index in [2.05, 4.69) is 15.6 Å². The van der Waals surface area contributed by atoms with Crippen LogP contribution in [0.25, 0.3) is 0 Å². The van der Waals surface area contributed by atoms with Gasteiger partial charge < -0.3 is 15.7 Å². The monoisotopic (exact) mass is 581 g/mol. The van der Waals surface area contributed by atoms with Gasteiger partial charge >= 0.3 is 30.5 Å². The fourth-order valence-electron chi connectivity index (χ4n) is 3.26. The Hall–Kier alpha value is -4.30. The highest BCUT2D eigenvalue weighted by molar-refractivity contribution is 5.75. The first-order valence-corrected chi connectivity index (χ1v) is 11.0. The Labute approximate surface area is 220 Å². The van der Waals surface area contributed by atoms with Crippen LogP contribution < -0.4 is 10.6 Å². The van der Waals surface area contributed by atoms with Crippen LogP contribution in [-0.2, 0) is 17.1 Å². The second kappa shape index (κ2) is 12.7. The topological polar surface area (TPSA) is 91.3 Å². The zero-order valence-electron chi connectivity index (χ0n) is 20.2. The number of alkyl halides is 9. The number of hydrogen-bond acceptors (Lipinski definition) is 3. The maximum Gasteiger partial charge on any atom is 0.490 e. The first-order chi connectivity index (χ1) is 18.4. The van der Waals surface area contributed by atoms with Crippen LogP contribution in [0.3, 0.4) is 0 Å². The molecule has 2 amide bonds. The van der Waals surface area contributed by atoms with E-state index in [4.69, 9.17) is 9.90 Å². The quantitative estimate of drug-likeness (QED) is 0.286. The number of nitrogens with one attached hydrogen (secondary N) is 2. The van der Waals surface area contributed by atoms with Gasteiger partial charge in [0.15, 0.2) is 0 Å². The maximum absolute atomic E-state index is 13.6. The number of nitrogens with zero attached hydrogens (tertiary/aromatic N) is 1. The number of benzene rings is 2. The van der Waals surface area contributed by atoms with Gasteiger partial charge in [-0.3, -0.25) is 4.98 Å². The zero-order valence-corrected chi connectivity index (χ0v) is 20.2. The van der Waals surface area contributed by atoms with Crippen LogP contribution in [0.2, 0.25) is 0 Å². The third kappa shape index (κ3) is 9.17. The van der Waals surface area contributed by atoms with Gasteiger partial charge in [-0.05, 0) is 42.3 Å². The fourth-order valence-corrected chi connectivity index (χ4v) is 3.26. The van der Waals surface area contributed by atoms with Gasteiger partial charge in [-0.15, -0.1) is 0 Å². The van der Waals surface area contributed by atoms with E-state index in [1.165, 1.54) is 0 Å². The molecule has 1 heterocycles. The van der Waals surface area contributed by atoms with Gasteiger partial charge in [0.05, 0.1) is 28.9 Å². The van der Waals surface area contributed by atoms with Gasteiger partial charge in [0.25, 0.3) is 0 Å². The van der Waals surface area contributed by atoms with Crippen LogP contribution in [0.5, 0.6) is 0 Å². The molecular formula is C25H20F9N3O3. The zero-order chi connectivity index (χ0) is 30.3. The molecule has 0 radical (unpaired) electrons. The van der Waals surface area contributed by atoms with E-state index < -0.39 is 59.4 Å². The molecule has 1 aromatic heterocycles. The average molecular weight is 581 g/mol. The van der Waals surface area contributed by atoms with Gasteiger partial charge in [0.1, 0.15) is 0 Å². The summed E-state index contributed by atoms with van der Waals surface area (Å²) >= 11 is 0. The minimum atomic E-state index is -5.08. The highest BCUT2D eigenvalue weighted by atomic mass is 19.4. The lowest BCUT2D eigenvalue weighted by molar-refractivity contribution is -0.192. The number of aromatic nitrogens is 1. The largest absolute Gasteiger partial charge is 0.490 e. The molecule has 3 N–H and O–H groups in total. The number of rotatable bonds is 5. The van der Waals surface area contributed by atoms with Crippen molar-refractivity contribution in [3.05, 3.63) is 101 Å². The third-order valence-electron chi connectivity index (χ3n) is 5.15. The van der Waals surface area contributed by atoms with E-state index in [9.17, 15) is 44.3 Å². The summed E-state index contributed by atoms with van der Waals surface area (Å²) in [4.78, 5) is 25.4. The Morgan fingerprint density at radius 3 is 1.77 bits per heavy atom. The number of aliphatic carboxylic acids is 1. The van der Waals surface area contributed by atoms with Gasteiger partial charge in [-0.1, -0.05) is 42.5 Å². The summed E-state index contributed by atoms with van der Waals surface area (Å²) < 4.78 is 111. The summed E-state index contributed by atoms with van der Waals surface area (Å²) in [5, 5.41) is 12.2. The van der Waals surface area contributed by atoms with Crippen LogP contribution in [0, 0.1) is 0 Å². The van der Waals surface area contributed by atoms with Gasteiger partial charge in [-0.25, -0.2) is 9.59 Å². The number of carboxylic acids is 1. The third-order valence-corrected chi connectivity index (χ3v) is 5.15. The molecular weight excluding hydrogens is 561 g/mol. The van der Waals surface area contributed by atoms with Crippen molar-refractivity contribution in [1.82, 2.24) is 15.6 Å². The molecule has 0 fully saturated rings. The molecule has 6 nitrogen and oxygen atoms in total. The Morgan fingerprint density at radius 1 is 0.750 bits per heavy atom. The van der Waals surface area contributed by atoms with Crippen molar-refractivity contribution >= 4 is 12.0 Å². The number of hydrogen-bond donors (Lipinski definition) is 3. The summed E-state index contributed by atoms with van der Waals surface area (Å²) in [7, 11) is 0. The van der Waals surface area contributed by atoms with Crippen molar-refractivity contribution in [2.45, 2.75) is 37.5 Å². The highest BCUT2D eigenvalue weighted by Gasteiger charge is 2.39. The number of carbonyl (C=O) groups is 2. The first-order valence-electron chi connectivity index (χ1n) is 11.0. The molecule has 2 aromatic carbocycles. The molecule has 0 aliphatic heterocycles. The highest BCUT2D eigenvalue weighted by Crippen LogP contribution is 2.36. The maximum atomic E-state index is 13.6. The normalized spacial score (nSPS) is 13.3. The molecule has 0 bridgehead atoms. The van der Waals surface area contributed by atoms with Gasteiger partial charge in [0.2, 0.25) is 0 Å². The van der Waals surface area contributed by atoms with Crippen molar-refractivity contribution in [2.24, 2.45) is 0 Å². The van der Waals surface area contributed by atoms with Crippen molar-refractivity contribution in [3.63, 3.8) is 0 Å². The summed E-state index contributed by atoms with van der Waals surface area (Å²) in [6.45, 7) is 1.68. The molecule has 0 aliphatic carbocycles. The lowest BCUT2D eigenvalue weighted by Gasteiger charge is -2.24. The fraction of sp³-hybridized carbons (Fsp3) is 0.240. The summed E-state index contributed by atoms with van der Waals surface area (Å²) in [6, 6.07) is 11.5. The summed E-state index contributed by atoms with van der Waals surface area (Å²) in [5.74, 6) is -2.76. The van der Waals surface area contributed by atoms with E-state index >= 15 is 0 Å². The molecule has 0 saturated heterocycles. The molecule has 15 heteroatoms. The predicted octanol–water partition coefficient (Wildman–Crippen LogP) is 6.90. The average Bonchev–Trinajstić information content (AvgIpc) is 2.86. The summed E-state index contributed by atoms with van der Waals surface area (Å²) in [5.41, 5.74) is -1.84. The number of urea groups is 1. The molecule has 3 aromatic rings. The molecule has 0 saturated carbocycles. The molecule has 40 heavy (non-hydrogen) atoms. The van der Waals surface area contributed by atoms with Crippen molar-refractivity contribution in [2.75, 3.05) is 0 Å². The second-order valence-electron chi connectivity index (χ2n) is 8.04. The molecule has 2 atom stereocenters. The van der Waals surface area contributed by atoms with E-state index in [1.54, 1.807) is 37.3 Å². The standard InChI is InChI=1S/C23H19F6N3O.C2HF3O2/c1-14(15-6-3-2-4-7-15)31-21(33)32-19(16-9-11-17(12-10-16)22(24,25)26)20-18(23(27,28)29)8-5-13-30-20;3-2(4,5)1(6)7/h2-14,19H,1H3,(H2,31,32,33);(H,6,7)/t14-,19+;/m1./s1. The Balaban J connectivity index is 0.000000708. The Morgan fingerprint density at radius 2 is 1.30 bits per heavy atom.